The number of benzene rings is 2. The lowest BCUT2D eigenvalue weighted by Gasteiger charge is -2.18. The summed E-state index contributed by atoms with van der Waals surface area (Å²) >= 11 is 6.95. The van der Waals surface area contributed by atoms with Gasteiger partial charge in [-0.2, -0.15) is 0 Å². The Morgan fingerprint density at radius 1 is 1.16 bits per heavy atom. The van der Waals surface area contributed by atoms with Crippen molar-refractivity contribution < 1.29 is 4.39 Å². The molecule has 0 aliphatic heterocycles. The summed E-state index contributed by atoms with van der Waals surface area (Å²) in [5.74, 6) is 5.40. The molecule has 0 saturated heterocycles. The van der Waals surface area contributed by atoms with Gasteiger partial charge in [0.15, 0.2) is 0 Å². The first-order valence-electron chi connectivity index (χ1n) is 5.75. The SMILES string of the molecule is NNC(Cc1cccc(F)c1)c1cc(Br)ccc1Br. The Hall–Kier alpha value is -0.750. The van der Waals surface area contributed by atoms with Crippen molar-refractivity contribution in [2.45, 2.75) is 12.5 Å². The highest BCUT2D eigenvalue weighted by Crippen LogP contribution is 2.28. The number of nitrogens with two attached hydrogens (primary N) is 1. The molecule has 100 valence electrons. The van der Waals surface area contributed by atoms with Gasteiger partial charge in [0.05, 0.1) is 6.04 Å². The van der Waals surface area contributed by atoms with Crippen molar-refractivity contribution in [1.29, 1.82) is 0 Å². The Labute approximate surface area is 128 Å². The monoisotopic (exact) mass is 386 g/mol. The van der Waals surface area contributed by atoms with E-state index < -0.39 is 0 Å². The minimum Gasteiger partial charge on any atom is -0.271 e. The van der Waals surface area contributed by atoms with Crippen molar-refractivity contribution in [3.05, 3.63) is 68.4 Å². The smallest absolute Gasteiger partial charge is 0.123 e. The molecule has 1 atom stereocenters. The number of rotatable bonds is 4. The Morgan fingerprint density at radius 2 is 1.95 bits per heavy atom. The van der Waals surface area contributed by atoms with Gasteiger partial charge in [0.25, 0.3) is 0 Å². The summed E-state index contributed by atoms with van der Waals surface area (Å²) in [6.07, 6.45) is 0.614. The van der Waals surface area contributed by atoms with Crippen molar-refractivity contribution in [3.8, 4) is 0 Å². The zero-order valence-electron chi connectivity index (χ0n) is 10.0. The van der Waals surface area contributed by atoms with E-state index in [4.69, 9.17) is 5.84 Å². The zero-order chi connectivity index (χ0) is 13.8. The Balaban J connectivity index is 2.27. The summed E-state index contributed by atoms with van der Waals surface area (Å²) in [7, 11) is 0. The Bertz CT molecular complexity index is 575. The van der Waals surface area contributed by atoms with Crippen LogP contribution in [-0.2, 0) is 6.42 Å². The molecule has 2 rings (SSSR count). The van der Waals surface area contributed by atoms with Crippen LogP contribution < -0.4 is 11.3 Å². The lowest BCUT2D eigenvalue weighted by molar-refractivity contribution is 0.546. The van der Waals surface area contributed by atoms with E-state index in [1.165, 1.54) is 12.1 Å². The molecule has 0 aliphatic rings. The van der Waals surface area contributed by atoms with Gasteiger partial charge in [-0.1, -0.05) is 44.0 Å². The highest BCUT2D eigenvalue weighted by molar-refractivity contribution is 9.11. The number of halogens is 3. The van der Waals surface area contributed by atoms with Crippen LogP contribution in [0.1, 0.15) is 17.2 Å². The van der Waals surface area contributed by atoms with Crippen LogP contribution in [0.2, 0.25) is 0 Å². The third-order valence-electron chi connectivity index (χ3n) is 2.86. The minimum absolute atomic E-state index is 0.0892. The van der Waals surface area contributed by atoms with Gasteiger partial charge in [0, 0.05) is 8.95 Å². The fourth-order valence-corrected chi connectivity index (χ4v) is 2.84. The molecule has 0 heterocycles. The van der Waals surface area contributed by atoms with E-state index in [0.29, 0.717) is 6.42 Å². The van der Waals surface area contributed by atoms with Crippen LogP contribution in [0.25, 0.3) is 0 Å². The molecule has 0 aliphatic carbocycles. The average molecular weight is 388 g/mol. The van der Waals surface area contributed by atoms with Gasteiger partial charge < -0.3 is 0 Å². The molecule has 5 heteroatoms. The largest absolute Gasteiger partial charge is 0.271 e. The lowest BCUT2D eigenvalue weighted by Crippen LogP contribution is -2.29. The van der Waals surface area contributed by atoms with Crippen LogP contribution in [0.15, 0.2) is 51.4 Å². The normalized spacial score (nSPS) is 12.4. The second-order valence-corrected chi connectivity index (χ2v) is 5.99. The molecule has 1 unspecified atom stereocenters. The molecule has 0 bridgehead atoms. The van der Waals surface area contributed by atoms with E-state index in [9.17, 15) is 4.39 Å². The Kier molecular flexibility index (Phi) is 5.10. The van der Waals surface area contributed by atoms with Crippen LogP contribution in [0.4, 0.5) is 4.39 Å². The predicted octanol–water partition coefficient (Wildman–Crippen LogP) is 4.10. The first kappa shape index (κ1) is 14.7. The molecule has 19 heavy (non-hydrogen) atoms. The third-order valence-corrected chi connectivity index (χ3v) is 4.08. The number of hydrogen-bond donors (Lipinski definition) is 2. The molecule has 2 nitrogen and oxygen atoms in total. The van der Waals surface area contributed by atoms with Gasteiger partial charge in [0.1, 0.15) is 5.82 Å². The molecule has 0 amide bonds. The van der Waals surface area contributed by atoms with Crippen LogP contribution in [0, 0.1) is 5.82 Å². The molecule has 3 N–H and O–H groups in total. The van der Waals surface area contributed by atoms with Gasteiger partial charge in [-0.05, 0) is 47.9 Å². The quantitative estimate of drug-likeness (QED) is 0.612. The fraction of sp³-hybridized carbons (Fsp3) is 0.143. The van der Waals surface area contributed by atoms with E-state index in [2.05, 4.69) is 37.3 Å². The first-order valence-corrected chi connectivity index (χ1v) is 7.34. The van der Waals surface area contributed by atoms with E-state index >= 15 is 0 Å². The second kappa shape index (κ2) is 6.61. The van der Waals surface area contributed by atoms with Crippen LogP contribution in [-0.4, -0.2) is 0 Å². The standard InChI is InChI=1S/C14H13Br2FN2/c15-10-4-5-13(16)12(8-10)14(19-18)7-9-2-1-3-11(17)6-9/h1-6,8,14,19H,7,18H2. The van der Waals surface area contributed by atoms with E-state index in [-0.39, 0.29) is 11.9 Å². The van der Waals surface area contributed by atoms with Crippen molar-refractivity contribution in [3.63, 3.8) is 0 Å². The maximum atomic E-state index is 13.2. The molecule has 2 aromatic carbocycles. The summed E-state index contributed by atoms with van der Waals surface area (Å²) in [6.45, 7) is 0. The topological polar surface area (TPSA) is 38.0 Å². The maximum absolute atomic E-state index is 13.2. The van der Waals surface area contributed by atoms with Gasteiger partial charge in [-0.15, -0.1) is 0 Å². The highest BCUT2D eigenvalue weighted by Gasteiger charge is 2.14. The average Bonchev–Trinajstić information content (AvgIpc) is 2.39. The molecule has 0 fully saturated rings. The van der Waals surface area contributed by atoms with Crippen molar-refractivity contribution in [2.24, 2.45) is 5.84 Å². The van der Waals surface area contributed by atoms with Crippen molar-refractivity contribution in [1.82, 2.24) is 5.43 Å². The highest BCUT2D eigenvalue weighted by atomic mass is 79.9. The Morgan fingerprint density at radius 3 is 2.63 bits per heavy atom. The first-order chi connectivity index (χ1) is 9.10. The number of hydrogen-bond acceptors (Lipinski definition) is 2. The maximum Gasteiger partial charge on any atom is 0.123 e. The summed E-state index contributed by atoms with van der Waals surface area (Å²) in [6, 6.07) is 12.4. The van der Waals surface area contributed by atoms with Crippen LogP contribution >= 0.6 is 31.9 Å². The molecular formula is C14H13Br2FN2. The van der Waals surface area contributed by atoms with E-state index in [1.807, 2.05) is 24.3 Å². The predicted molar refractivity (Wildman–Crippen MR) is 82.0 cm³/mol. The summed E-state index contributed by atoms with van der Waals surface area (Å²) < 4.78 is 15.1. The van der Waals surface area contributed by atoms with Crippen LogP contribution in [0.3, 0.4) is 0 Å². The number of hydrazine groups is 1. The van der Waals surface area contributed by atoms with Crippen molar-refractivity contribution >= 4 is 31.9 Å². The van der Waals surface area contributed by atoms with Gasteiger partial charge in [-0.3, -0.25) is 11.3 Å². The van der Waals surface area contributed by atoms with E-state index in [0.717, 1.165) is 20.1 Å². The van der Waals surface area contributed by atoms with Crippen molar-refractivity contribution in [2.75, 3.05) is 0 Å². The van der Waals surface area contributed by atoms with E-state index in [1.54, 1.807) is 6.07 Å². The second-order valence-electron chi connectivity index (χ2n) is 4.22. The summed E-state index contributed by atoms with van der Waals surface area (Å²) in [5, 5.41) is 0. The number of nitrogens with one attached hydrogen (secondary N) is 1. The molecule has 0 saturated carbocycles. The molecule has 0 spiro atoms. The summed E-state index contributed by atoms with van der Waals surface area (Å²) in [5.41, 5.74) is 4.71. The molecule has 2 aromatic rings. The minimum atomic E-state index is -0.235. The van der Waals surface area contributed by atoms with Gasteiger partial charge in [-0.25, -0.2) is 4.39 Å². The van der Waals surface area contributed by atoms with Gasteiger partial charge >= 0.3 is 0 Å². The van der Waals surface area contributed by atoms with Crippen LogP contribution in [0.5, 0.6) is 0 Å². The molecule has 0 aromatic heterocycles. The third kappa shape index (κ3) is 3.86. The summed E-state index contributed by atoms with van der Waals surface area (Å²) in [4.78, 5) is 0. The fourth-order valence-electron chi connectivity index (χ4n) is 1.94. The van der Waals surface area contributed by atoms with Gasteiger partial charge in [0.2, 0.25) is 0 Å². The zero-order valence-corrected chi connectivity index (χ0v) is 13.2. The lowest BCUT2D eigenvalue weighted by atomic mass is 9.99. The molecule has 0 radical (unpaired) electrons. The molecular weight excluding hydrogens is 375 g/mol.